The van der Waals surface area contributed by atoms with Crippen molar-refractivity contribution in [2.45, 2.75) is 26.3 Å². The number of carbonyl (C=O) groups is 2. The number of ether oxygens (including phenoxy) is 2. The van der Waals surface area contributed by atoms with Crippen molar-refractivity contribution in [3.63, 3.8) is 0 Å². The zero-order chi connectivity index (χ0) is 23.4. The van der Waals surface area contributed by atoms with E-state index >= 15 is 0 Å². The third-order valence-electron chi connectivity index (χ3n) is 5.55. The zero-order valence-corrected chi connectivity index (χ0v) is 19.8. The Morgan fingerprint density at radius 3 is 2.82 bits per heavy atom. The van der Waals surface area contributed by atoms with Crippen molar-refractivity contribution < 1.29 is 19.1 Å². The van der Waals surface area contributed by atoms with E-state index < -0.39 is 0 Å². The molecule has 0 aromatic heterocycles. The lowest BCUT2D eigenvalue weighted by molar-refractivity contribution is -0.139. The van der Waals surface area contributed by atoms with Crippen molar-refractivity contribution in [2.24, 2.45) is 4.99 Å². The molecule has 0 saturated carbocycles. The topological polar surface area (TPSA) is 80.2 Å². The van der Waals surface area contributed by atoms with Gasteiger partial charge in [0.05, 0.1) is 31.0 Å². The van der Waals surface area contributed by atoms with Crippen LogP contribution in [0.15, 0.2) is 64.8 Å². The number of nitrogens with zero attached hydrogens (tertiary/aromatic N) is 2. The standard InChI is InChI=1S/C25H27N3O4S/c1-4-32-24(30)21-16(2)26-25-28(12-7-13-33-25)22(21)17-8-5-10-19(14-17)27-23(29)18-9-6-11-20(15-18)31-3/h5-6,8-11,14-15,22H,4,7,12-13H2,1-3H3,(H,27,29)/t22-/m1/s1. The molecule has 4 rings (SSSR count). The summed E-state index contributed by atoms with van der Waals surface area (Å²) in [7, 11) is 1.57. The van der Waals surface area contributed by atoms with Crippen LogP contribution in [0.5, 0.6) is 5.75 Å². The van der Waals surface area contributed by atoms with E-state index in [2.05, 4.69) is 10.2 Å². The second-order valence-electron chi connectivity index (χ2n) is 7.72. The number of aliphatic imine (C=N–C) groups is 1. The second-order valence-corrected chi connectivity index (χ2v) is 8.79. The fourth-order valence-corrected chi connectivity index (χ4v) is 5.06. The minimum Gasteiger partial charge on any atom is -0.497 e. The number of fused-ring (bicyclic) bond motifs is 1. The Balaban J connectivity index is 1.67. The van der Waals surface area contributed by atoms with Crippen molar-refractivity contribution in [3.05, 3.63) is 70.9 Å². The van der Waals surface area contributed by atoms with Crippen molar-refractivity contribution in [2.75, 3.05) is 31.3 Å². The number of anilines is 1. The summed E-state index contributed by atoms with van der Waals surface area (Å²) in [5.74, 6) is 1.03. The Hall–Kier alpha value is -3.26. The molecule has 7 nitrogen and oxygen atoms in total. The number of benzene rings is 2. The van der Waals surface area contributed by atoms with Crippen LogP contribution in [-0.4, -0.2) is 48.0 Å². The van der Waals surface area contributed by atoms with Gasteiger partial charge in [-0.1, -0.05) is 30.0 Å². The summed E-state index contributed by atoms with van der Waals surface area (Å²) in [6.45, 7) is 4.75. The molecule has 33 heavy (non-hydrogen) atoms. The second kappa shape index (κ2) is 10.1. The van der Waals surface area contributed by atoms with Crippen molar-refractivity contribution in [1.29, 1.82) is 0 Å². The zero-order valence-electron chi connectivity index (χ0n) is 19.0. The van der Waals surface area contributed by atoms with Gasteiger partial charge in [-0.2, -0.15) is 0 Å². The minimum atomic E-state index is -0.357. The van der Waals surface area contributed by atoms with Crippen LogP contribution in [0.4, 0.5) is 5.69 Å². The first-order valence-corrected chi connectivity index (χ1v) is 11.9. The predicted octanol–water partition coefficient (Wildman–Crippen LogP) is 4.63. The predicted molar refractivity (Wildman–Crippen MR) is 131 cm³/mol. The molecule has 0 radical (unpaired) electrons. The molecule has 1 atom stereocenters. The van der Waals surface area contributed by atoms with Gasteiger partial charge in [-0.25, -0.2) is 9.79 Å². The highest BCUT2D eigenvalue weighted by molar-refractivity contribution is 8.13. The third-order valence-corrected chi connectivity index (χ3v) is 6.62. The highest BCUT2D eigenvalue weighted by Gasteiger charge is 2.37. The molecule has 1 amide bonds. The summed E-state index contributed by atoms with van der Waals surface area (Å²) >= 11 is 1.70. The van der Waals surface area contributed by atoms with E-state index in [1.165, 1.54) is 0 Å². The molecule has 1 fully saturated rings. The summed E-state index contributed by atoms with van der Waals surface area (Å²) in [5.41, 5.74) is 3.26. The number of rotatable bonds is 6. The van der Waals surface area contributed by atoms with E-state index in [4.69, 9.17) is 14.5 Å². The number of hydrogen-bond donors (Lipinski definition) is 1. The maximum atomic E-state index is 12.9. The van der Waals surface area contributed by atoms with Crippen molar-refractivity contribution in [1.82, 2.24) is 4.90 Å². The first-order chi connectivity index (χ1) is 16.0. The molecule has 0 spiro atoms. The van der Waals surface area contributed by atoms with E-state index in [1.807, 2.05) is 31.2 Å². The number of amidine groups is 1. The molecular weight excluding hydrogens is 438 g/mol. The molecule has 8 heteroatoms. The first-order valence-electron chi connectivity index (χ1n) is 10.9. The fraction of sp³-hybridized carbons (Fsp3) is 0.320. The molecule has 0 aliphatic carbocycles. The van der Waals surface area contributed by atoms with E-state index in [-0.39, 0.29) is 17.9 Å². The van der Waals surface area contributed by atoms with Crippen LogP contribution in [0.3, 0.4) is 0 Å². The van der Waals surface area contributed by atoms with E-state index in [0.717, 1.165) is 29.4 Å². The average molecular weight is 466 g/mol. The number of esters is 1. The van der Waals surface area contributed by atoms with Gasteiger partial charge in [0.1, 0.15) is 5.75 Å². The summed E-state index contributed by atoms with van der Waals surface area (Å²) in [4.78, 5) is 32.6. The maximum absolute atomic E-state index is 12.9. The number of hydrogen-bond acceptors (Lipinski definition) is 7. The smallest absolute Gasteiger partial charge is 0.338 e. The highest BCUT2D eigenvalue weighted by atomic mass is 32.2. The van der Waals surface area contributed by atoms with Gasteiger partial charge in [-0.05, 0) is 56.2 Å². The molecule has 0 bridgehead atoms. The molecule has 2 aromatic rings. The lowest BCUT2D eigenvalue weighted by Gasteiger charge is -2.40. The molecule has 1 saturated heterocycles. The minimum absolute atomic E-state index is 0.234. The number of amides is 1. The molecule has 2 aliphatic heterocycles. The van der Waals surface area contributed by atoms with Gasteiger partial charge in [0, 0.05) is 23.5 Å². The molecule has 1 N–H and O–H groups in total. The highest BCUT2D eigenvalue weighted by Crippen LogP contribution is 2.40. The first kappa shape index (κ1) is 22.9. The Kier molecular flexibility index (Phi) is 7.03. The summed E-state index contributed by atoms with van der Waals surface area (Å²) in [6, 6.07) is 14.3. The van der Waals surface area contributed by atoms with Crippen molar-refractivity contribution >= 4 is 34.5 Å². The summed E-state index contributed by atoms with van der Waals surface area (Å²) in [5, 5.41) is 3.88. The van der Waals surface area contributed by atoms with Crippen LogP contribution in [0, 0.1) is 0 Å². The summed E-state index contributed by atoms with van der Waals surface area (Å²) < 4.78 is 10.6. The van der Waals surface area contributed by atoms with Gasteiger partial charge >= 0.3 is 5.97 Å². The molecule has 0 unspecified atom stereocenters. The number of carbonyl (C=O) groups excluding carboxylic acids is 2. The quantitative estimate of drug-likeness (QED) is 0.627. The Labute approximate surface area is 197 Å². The largest absolute Gasteiger partial charge is 0.497 e. The van der Waals surface area contributed by atoms with Gasteiger partial charge in [-0.15, -0.1) is 0 Å². The van der Waals surface area contributed by atoms with E-state index in [0.29, 0.717) is 34.9 Å². The fourth-order valence-electron chi connectivity index (χ4n) is 4.04. The number of thioether (sulfide) groups is 1. The maximum Gasteiger partial charge on any atom is 0.338 e. The van der Waals surface area contributed by atoms with Gasteiger partial charge < -0.3 is 19.7 Å². The number of nitrogens with one attached hydrogen (secondary N) is 1. The molecule has 2 heterocycles. The Morgan fingerprint density at radius 2 is 2.03 bits per heavy atom. The van der Waals surface area contributed by atoms with Crippen LogP contribution in [-0.2, 0) is 9.53 Å². The lowest BCUT2D eigenvalue weighted by atomic mass is 9.94. The average Bonchev–Trinajstić information content (AvgIpc) is 2.83. The monoisotopic (exact) mass is 465 g/mol. The molecular formula is C25H27N3O4S. The van der Waals surface area contributed by atoms with Crippen LogP contribution < -0.4 is 10.1 Å². The van der Waals surface area contributed by atoms with Crippen LogP contribution in [0.2, 0.25) is 0 Å². The van der Waals surface area contributed by atoms with E-state index in [9.17, 15) is 9.59 Å². The van der Waals surface area contributed by atoms with Gasteiger partial charge in [-0.3, -0.25) is 4.79 Å². The van der Waals surface area contributed by atoms with E-state index in [1.54, 1.807) is 50.1 Å². The Bertz CT molecular complexity index is 1130. The molecule has 2 aromatic carbocycles. The SMILES string of the molecule is CCOC(=O)C1=C(C)N=C2SCCCN2[C@@H]1c1cccc(NC(=O)c2cccc(OC)c2)c1. The van der Waals surface area contributed by atoms with Gasteiger partial charge in [0.2, 0.25) is 0 Å². The number of allylic oxidation sites excluding steroid dienone is 1. The third kappa shape index (κ3) is 4.90. The summed E-state index contributed by atoms with van der Waals surface area (Å²) in [6.07, 6.45) is 1.00. The number of methoxy groups -OCH3 is 1. The van der Waals surface area contributed by atoms with Crippen LogP contribution >= 0.6 is 11.8 Å². The van der Waals surface area contributed by atoms with Crippen LogP contribution in [0.25, 0.3) is 0 Å². The lowest BCUT2D eigenvalue weighted by Crippen LogP contribution is -2.42. The molecule has 172 valence electrons. The Morgan fingerprint density at radius 1 is 1.21 bits per heavy atom. The van der Waals surface area contributed by atoms with Gasteiger partial charge in [0.15, 0.2) is 5.17 Å². The van der Waals surface area contributed by atoms with Gasteiger partial charge in [0.25, 0.3) is 5.91 Å². The van der Waals surface area contributed by atoms with Crippen LogP contribution in [0.1, 0.15) is 42.2 Å². The van der Waals surface area contributed by atoms with Crippen molar-refractivity contribution in [3.8, 4) is 5.75 Å². The normalized spacial score (nSPS) is 17.7. The molecule has 2 aliphatic rings.